The van der Waals surface area contributed by atoms with Crippen molar-refractivity contribution in [1.29, 1.82) is 0 Å². The Morgan fingerprint density at radius 2 is 1.28 bits per heavy atom. The molecule has 15 nitrogen and oxygen atoms in total. The number of fused-ring (bicyclic) bond motifs is 2. The molecule has 2 aromatic carbocycles. The molecule has 0 aliphatic carbocycles. The number of halogens is 4. The number of nitrogens with zero attached hydrogens (tertiary/aromatic N) is 7. The molecule has 2 unspecified atom stereocenters. The Morgan fingerprint density at radius 1 is 0.696 bits per heavy atom. The fourth-order valence-electron chi connectivity index (χ4n) is 10.3. The van der Waals surface area contributed by atoms with E-state index in [0.717, 1.165) is 125 Å². The van der Waals surface area contributed by atoms with Crippen LogP contribution in [-0.4, -0.2) is 131 Å². The van der Waals surface area contributed by atoms with Crippen LogP contribution in [0.15, 0.2) is 94.8 Å². The van der Waals surface area contributed by atoms with E-state index < -0.39 is 18.6 Å². The Labute approximate surface area is 401 Å². The van der Waals surface area contributed by atoms with Crippen LogP contribution in [0.3, 0.4) is 0 Å². The summed E-state index contributed by atoms with van der Waals surface area (Å²) >= 11 is 6.06. The number of para-hydroxylation sites is 1. The van der Waals surface area contributed by atoms with Gasteiger partial charge in [0.15, 0.2) is 0 Å². The number of H-pyrrole nitrogens is 2. The molecule has 4 aliphatic heterocycles. The lowest BCUT2D eigenvalue weighted by Crippen LogP contribution is -2.44. The van der Waals surface area contributed by atoms with Gasteiger partial charge in [-0.25, -0.2) is 15.0 Å². The number of aromatic amines is 2. The maximum atomic E-state index is 12.6. The molecule has 4 fully saturated rings. The van der Waals surface area contributed by atoms with Crippen LogP contribution in [0.1, 0.15) is 82.9 Å². The molecule has 4 aliphatic rings. The van der Waals surface area contributed by atoms with E-state index in [1.165, 1.54) is 12.3 Å². The van der Waals surface area contributed by atoms with Gasteiger partial charge >= 0.3 is 6.18 Å². The highest BCUT2D eigenvalue weighted by Crippen LogP contribution is 2.33. The van der Waals surface area contributed by atoms with E-state index >= 15 is 0 Å². The van der Waals surface area contributed by atoms with Crippen molar-refractivity contribution in [3.8, 4) is 0 Å². The normalized spacial score (nSPS) is 19.7. The minimum absolute atomic E-state index is 0.0404. The summed E-state index contributed by atoms with van der Waals surface area (Å²) < 4.78 is 36.9. The molecule has 19 heteroatoms. The first kappa shape index (κ1) is 47.7. The molecule has 4 N–H and O–H groups in total. The predicted molar refractivity (Wildman–Crippen MR) is 261 cm³/mol. The van der Waals surface area contributed by atoms with Crippen LogP contribution in [0.5, 0.6) is 0 Å². The van der Waals surface area contributed by atoms with Gasteiger partial charge in [-0.3, -0.25) is 29.0 Å². The van der Waals surface area contributed by atoms with Crippen LogP contribution in [0.25, 0.3) is 21.7 Å². The molecule has 69 heavy (non-hydrogen) atoms. The highest BCUT2D eigenvalue weighted by molar-refractivity contribution is 6.31. The fourth-order valence-corrected chi connectivity index (χ4v) is 10.5. The molecule has 4 aromatic heterocycles. The van der Waals surface area contributed by atoms with Crippen molar-refractivity contribution in [1.82, 2.24) is 45.4 Å². The monoisotopic (exact) mass is 965 g/mol. The van der Waals surface area contributed by atoms with Crippen molar-refractivity contribution in [3.05, 3.63) is 134 Å². The fraction of sp³-hybridized carbons (Fsp3) is 0.420. The van der Waals surface area contributed by atoms with E-state index in [4.69, 9.17) is 16.6 Å². The maximum Gasteiger partial charge on any atom is 0.405 e. The Bertz CT molecular complexity index is 2900. The standard InChI is InChI=1S/C25H28ClN5O2.C25H27F3N6O2/c1-27-25(33)22-5-4-20(14-28-22)30-10-7-19(8-11-30)31-9-6-17(15-31)23-12-16-2-3-18(26)13-21(16)24(32)29-23;26-25(27,28)15-30-24(36)21-6-5-18(13-29-21)33-11-8-17(9-12-33)34-10-7-16(14-34)22-31-20-4-2-1-3-19(20)23(35)32-22/h2-5,12-14,17,19H,6-11,15H2,1H3,(H,27,33)(H,29,32);1-6,13,16-17H,7-12,14-15H2,(H,30,36)(H,31,32,35). The minimum atomic E-state index is -4.46. The largest absolute Gasteiger partial charge is 0.405 e. The van der Waals surface area contributed by atoms with Crippen LogP contribution in [0, 0.1) is 0 Å². The third-order valence-electron chi connectivity index (χ3n) is 14.1. The number of hydrogen-bond donors (Lipinski definition) is 4. The average molecular weight is 967 g/mol. The summed E-state index contributed by atoms with van der Waals surface area (Å²) in [4.78, 5) is 77.3. The lowest BCUT2D eigenvalue weighted by molar-refractivity contribution is -0.123. The van der Waals surface area contributed by atoms with Gasteiger partial charge in [0.1, 0.15) is 23.8 Å². The lowest BCUT2D eigenvalue weighted by atomic mass is 10.0. The van der Waals surface area contributed by atoms with Crippen molar-refractivity contribution in [3.63, 3.8) is 0 Å². The van der Waals surface area contributed by atoms with Crippen LogP contribution in [0.2, 0.25) is 5.02 Å². The SMILES string of the molecule is CNC(=O)c1ccc(N2CCC(N3CCC(c4cc5ccc(Cl)cc5c(=O)[nH]4)C3)CC2)cn1.O=C(NCC(F)(F)F)c1ccc(N2CCC(N3CCC(c4nc5ccccc5c(=O)[nH]4)C3)CC2)cn1. The number of pyridine rings is 3. The molecule has 6 aromatic rings. The zero-order valence-corrected chi connectivity index (χ0v) is 39.0. The number of nitrogens with one attached hydrogen (secondary N) is 4. The van der Waals surface area contributed by atoms with Gasteiger partial charge in [0.05, 0.1) is 34.7 Å². The quantitative estimate of drug-likeness (QED) is 0.125. The summed E-state index contributed by atoms with van der Waals surface area (Å²) in [5.41, 5.74) is 3.90. The van der Waals surface area contributed by atoms with E-state index in [2.05, 4.69) is 50.9 Å². The number of benzene rings is 2. The second-order valence-corrected chi connectivity index (χ2v) is 18.8. The third kappa shape index (κ3) is 11.2. The van der Waals surface area contributed by atoms with Gasteiger partial charge in [0.25, 0.3) is 22.9 Å². The van der Waals surface area contributed by atoms with Crippen LogP contribution < -0.4 is 31.6 Å². The molecule has 0 spiro atoms. The van der Waals surface area contributed by atoms with Gasteiger partial charge < -0.3 is 30.4 Å². The molecule has 362 valence electrons. The van der Waals surface area contributed by atoms with Crippen molar-refractivity contribution < 1.29 is 22.8 Å². The number of rotatable bonds is 9. The first-order chi connectivity index (χ1) is 33.3. The van der Waals surface area contributed by atoms with Crippen molar-refractivity contribution >= 4 is 56.5 Å². The molecule has 2 atom stereocenters. The number of carbonyl (C=O) groups excluding carboxylic acids is 2. The van der Waals surface area contributed by atoms with Gasteiger partial charge in [0, 0.05) is 86.3 Å². The van der Waals surface area contributed by atoms with Gasteiger partial charge in [-0.15, -0.1) is 0 Å². The number of carbonyl (C=O) groups is 2. The topological polar surface area (TPSA) is 176 Å². The van der Waals surface area contributed by atoms with Crippen LogP contribution >= 0.6 is 11.6 Å². The number of anilines is 2. The third-order valence-corrected chi connectivity index (χ3v) is 14.3. The molecule has 10 rings (SSSR count). The number of amides is 2. The van der Waals surface area contributed by atoms with Gasteiger partial charge in [-0.1, -0.05) is 29.8 Å². The summed E-state index contributed by atoms with van der Waals surface area (Å²) in [6.45, 7) is 6.04. The summed E-state index contributed by atoms with van der Waals surface area (Å²) in [5.74, 6) is 0.283. The van der Waals surface area contributed by atoms with E-state index in [1.54, 1.807) is 37.5 Å². The molecular formula is C50H55ClF3N11O4. The molecular weight excluding hydrogens is 911 g/mol. The zero-order chi connectivity index (χ0) is 48.2. The molecule has 8 heterocycles. The summed E-state index contributed by atoms with van der Waals surface area (Å²) in [7, 11) is 1.61. The van der Waals surface area contributed by atoms with E-state index in [-0.39, 0.29) is 28.6 Å². The number of aromatic nitrogens is 5. The lowest BCUT2D eigenvalue weighted by Gasteiger charge is -2.37. The van der Waals surface area contributed by atoms with Crippen LogP contribution in [0.4, 0.5) is 24.5 Å². The predicted octanol–water partition coefficient (Wildman–Crippen LogP) is 6.46. The Hall–Kier alpha value is -6.37. The van der Waals surface area contributed by atoms with Crippen molar-refractivity contribution in [2.24, 2.45) is 0 Å². The highest BCUT2D eigenvalue weighted by atomic mass is 35.5. The Kier molecular flexibility index (Phi) is 14.3. The Morgan fingerprint density at radius 3 is 1.87 bits per heavy atom. The first-order valence-electron chi connectivity index (χ1n) is 23.6. The molecule has 2 amide bonds. The van der Waals surface area contributed by atoms with Gasteiger partial charge in [0.2, 0.25) is 0 Å². The van der Waals surface area contributed by atoms with E-state index in [1.807, 2.05) is 41.7 Å². The number of hydrogen-bond acceptors (Lipinski definition) is 11. The zero-order valence-electron chi connectivity index (χ0n) is 38.3. The second kappa shape index (κ2) is 20.7. The molecule has 0 radical (unpaired) electrons. The first-order valence-corrected chi connectivity index (χ1v) is 23.9. The highest BCUT2D eigenvalue weighted by Gasteiger charge is 2.34. The van der Waals surface area contributed by atoms with Gasteiger partial charge in [-0.05, 0) is 112 Å². The number of piperidine rings is 2. The second-order valence-electron chi connectivity index (χ2n) is 18.3. The van der Waals surface area contributed by atoms with Crippen molar-refractivity contribution in [2.45, 2.75) is 68.6 Å². The van der Waals surface area contributed by atoms with Gasteiger partial charge in [-0.2, -0.15) is 13.2 Å². The number of likely N-dealkylation sites (tertiary alicyclic amines) is 2. The Balaban J connectivity index is 0.000000172. The van der Waals surface area contributed by atoms with Crippen LogP contribution in [-0.2, 0) is 0 Å². The molecule has 0 saturated carbocycles. The summed E-state index contributed by atoms with van der Waals surface area (Å²) in [5, 5.41) is 7.21. The molecule has 4 saturated heterocycles. The molecule has 0 bridgehead atoms. The summed E-state index contributed by atoms with van der Waals surface area (Å²) in [6.07, 6.45) is 4.98. The average Bonchev–Trinajstić information content (AvgIpc) is 4.08. The minimum Gasteiger partial charge on any atom is -0.370 e. The van der Waals surface area contributed by atoms with E-state index in [0.29, 0.717) is 39.5 Å². The van der Waals surface area contributed by atoms with E-state index in [9.17, 15) is 32.3 Å². The summed E-state index contributed by atoms with van der Waals surface area (Å²) in [6, 6.07) is 22.9. The van der Waals surface area contributed by atoms with Crippen molar-refractivity contribution in [2.75, 3.05) is 75.8 Å². The smallest absolute Gasteiger partial charge is 0.370 e. The maximum absolute atomic E-state index is 12.6. The number of alkyl halides is 3.